The minimum atomic E-state index is 0.0482. The number of nitrogens with one attached hydrogen (secondary N) is 1. The maximum Gasteiger partial charge on any atom is 0.241 e. The number of rotatable bonds is 6. The summed E-state index contributed by atoms with van der Waals surface area (Å²) in [6.07, 6.45) is 0. The molecule has 0 aliphatic rings. The molecule has 0 heterocycles. The Morgan fingerprint density at radius 3 is 2.48 bits per heavy atom. The molecule has 0 fully saturated rings. The van der Waals surface area contributed by atoms with E-state index in [9.17, 15) is 4.79 Å². The summed E-state index contributed by atoms with van der Waals surface area (Å²) in [5.41, 5.74) is 0.805. The number of benzene rings is 2. The van der Waals surface area contributed by atoms with Crippen molar-refractivity contribution in [3.63, 3.8) is 0 Å². The largest absolute Gasteiger partial charge is 0.455 e. The van der Waals surface area contributed by atoms with Crippen LogP contribution in [-0.2, 0) is 4.79 Å². The van der Waals surface area contributed by atoms with Gasteiger partial charge in [-0.15, -0.1) is 0 Å². The van der Waals surface area contributed by atoms with Gasteiger partial charge in [0.05, 0.1) is 12.2 Å². The lowest BCUT2D eigenvalue weighted by molar-refractivity contribution is -0.127. The van der Waals surface area contributed by atoms with Gasteiger partial charge < -0.3 is 15.0 Å². The first kappa shape index (κ1) is 14.9. The molecule has 0 spiro atoms. The lowest BCUT2D eigenvalue weighted by Crippen LogP contribution is -2.31. The van der Waals surface area contributed by atoms with Gasteiger partial charge in [0.15, 0.2) is 5.75 Å². The average Bonchev–Trinajstić information content (AvgIpc) is 2.54. The van der Waals surface area contributed by atoms with E-state index >= 15 is 0 Å². The van der Waals surface area contributed by atoms with Gasteiger partial charge in [0.25, 0.3) is 0 Å². The highest BCUT2D eigenvalue weighted by Gasteiger charge is 2.08. The molecule has 0 bridgehead atoms. The van der Waals surface area contributed by atoms with Crippen LogP contribution in [0.1, 0.15) is 6.92 Å². The van der Waals surface area contributed by atoms with E-state index < -0.39 is 0 Å². The van der Waals surface area contributed by atoms with Crippen molar-refractivity contribution in [3.05, 3.63) is 54.6 Å². The Kier molecular flexibility index (Phi) is 5.21. The smallest absolute Gasteiger partial charge is 0.241 e. The van der Waals surface area contributed by atoms with Crippen LogP contribution in [0.4, 0.5) is 5.69 Å². The average molecular weight is 284 g/mol. The first-order valence-electron chi connectivity index (χ1n) is 7.00. The molecule has 0 radical (unpaired) electrons. The monoisotopic (exact) mass is 284 g/mol. The highest BCUT2D eigenvalue weighted by Crippen LogP contribution is 2.28. The van der Waals surface area contributed by atoms with Crippen molar-refractivity contribution in [2.45, 2.75) is 6.92 Å². The molecular formula is C17H20N2O2. The van der Waals surface area contributed by atoms with Crippen LogP contribution in [0.2, 0.25) is 0 Å². The van der Waals surface area contributed by atoms with Gasteiger partial charge in [-0.1, -0.05) is 30.3 Å². The van der Waals surface area contributed by atoms with E-state index in [0.717, 1.165) is 11.4 Å². The standard InChI is InChI=1S/C17H20N2O2/c1-3-19(2)17(20)13-18-15-11-7-8-12-16(15)21-14-9-5-4-6-10-14/h4-12,18H,3,13H2,1-2H3. The molecule has 2 aromatic rings. The Balaban J connectivity index is 2.05. The van der Waals surface area contributed by atoms with Crippen molar-refractivity contribution in [1.29, 1.82) is 0 Å². The molecular weight excluding hydrogens is 264 g/mol. The third-order valence-corrected chi connectivity index (χ3v) is 3.19. The van der Waals surface area contributed by atoms with Crippen LogP contribution in [0.3, 0.4) is 0 Å². The molecule has 0 saturated heterocycles. The topological polar surface area (TPSA) is 41.6 Å². The molecule has 0 aliphatic carbocycles. The second-order valence-electron chi connectivity index (χ2n) is 4.67. The van der Waals surface area contributed by atoms with Crippen LogP contribution >= 0.6 is 0 Å². The van der Waals surface area contributed by atoms with E-state index in [-0.39, 0.29) is 12.5 Å². The maximum absolute atomic E-state index is 11.8. The molecule has 4 nitrogen and oxygen atoms in total. The maximum atomic E-state index is 11.8. The predicted octanol–water partition coefficient (Wildman–Crippen LogP) is 3.37. The number of hydrogen-bond acceptors (Lipinski definition) is 3. The fourth-order valence-electron chi connectivity index (χ4n) is 1.80. The molecule has 1 amide bonds. The summed E-state index contributed by atoms with van der Waals surface area (Å²) in [7, 11) is 1.79. The predicted molar refractivity (Wildman–Crippen MR) is 84.8 cm³/mol. The summed E-state index contributed by atoms with van der Waals surface area (Å²) in [5, 5.41) is 3.13. The molecule has 21 heavy (non-hydrogen) atoms. The van der Waals surface area contributed by atoms with Gasteiger partial charge in [-0.05, 0) is 31.2 Å². The van der Waals surface area contributed by atoms with Gasteiger partial charge in [0.2, 0.25) is 5.91 Å². The van der Waals surface area contributed by atoms with Crippen LogP contribution in [-0.4, -0.2) is 30.9 Å². The van der Waals surface area contributed by atoms with E-state index in [1.807, 2.05) is 61.5 Å². The second kappa shape index (κ2) is 7.33. The Hall–Kier alpha value is -2.49. The number of carbonyl (C=O) groups is 1. The summed E-state index contributed by atoms with van der Waals surface area (Å²) in [4.78, 5) is 13.5. The first-order chi connectivity index (χ1) is 10.2. The van der Waals surface area contributed by atoms with Gasteiger partial charge in [-0.2, -0.15) is 0 Å². The van der Waals surface area contributed by atoms with Crippen molar-refractivity contribution in [2.75, 3.05) is 25.5 Å². The number of ether oxygens (including phenoxy) is 1. The molecule has 110 valence electrons. The van der Waals surface area contributed by atoms with Crippen LogP contribution in [0.15, 0.2) is 54.6 Å². The molecule has 0 unspecified atom stereocenters. The zero-order chi connectivity index (χ0) is 15.1. The number of hydrogen-bond donors (Lipinski definition) is 1. The minimum Gasteiger partial charge on any atom is -0.455 e. The third-order valence-electron chi connectivity index (χ3n) is 3.19. The molecule has 0 saturated carbocycles. The van der Waals surface area contributed by atoms with Crippen molar-refractivity contribution in [1.82, 2.24) is 4.90 Å². The van der Waals surface area contributed by atoms with Crippen LogP contribution in [0.5, 0.6) is 11.5 Å². The number of likely N-dealkylation sites (N-methyl/N-ethyl adjacent to an activating group) is 1. The molecule has 4 heteroatoms. The van der Waals surface area contributed by atoms with Gasteiger partial charge in [-0.25, -0.2) is 0 Å². The van der Waals surface area contributed by atoms with Crippen LogP contribution in [0, 0.1) is 0 Å². The summed E-state index contributed by atoms with van der Waals surface area (Å²) in [6.45, 7) is 2.90. The fraction of sp³-hybridized carbons (Fsp3) is 0.235. The second-order valence-corrected chi connectivity index (χ2v) is 4.67. The van der Waals surface area contributed by atoms with Gasteiger partial charge in [0.1, 0.15) is 5.75 Å². The number of anilines is 1. The number of para-hydroxylation sites is 3. The highest BCUT2D eigenvalue weighted by molar-refractivity contribution is 5.81. The number of nitrogens with zero attached hydrogens (tertiary/aromatic N) is 1. The van der Waals surface area contributed by atoms with E-state index in [1.54, 1.807) is 11.9 Å². The lowest BCUT2D eigenvalue weighted by atomic mass is 10.3. The molecule has 2 aromatic carbocycles. The SMILES string of the molecule is CCN(C)C(=O)CNc1ccccc1Oc1ccccc1. The molecule has 0 aliphatic heterocycles. The van der Waals surface area contributed by atoms with Crippen molar-refractivity contribution >= 4 is 11.6 Å². The molecule has 0 aromatic heterocycles. The van der Waals surface area contributed by atoms with E-state index in [1.165, 1.54) is 0 Å². The number of carbonyl (C=O) groups excluding carboxylic acids is 1. The Labute approximate surface area is 125 Å². The number of amides is 1. The normalized spacial score (nSPS) is 10.0. The van der Waals surface area contributed by atoms with Crippen LogP contribution < -0.4 is 10.1 Å². The zero-order valence-corrected chi connectivity index (χ0v) is 12.4. The molecule has 1 N–H and O–H groups in total. The summed E-state index contributed by atoms with van der Waals surface area (Å²) in [6, 6.07) is 17.2. The van der Waals surface area contributed by atoms with E-state index in [4.69, 9.17) is 4.74 Å². The lowest BCUT2D eigenvalue weighted by Gasteiger charge is -2.17. The van der Waals surface area contributed by atoms with Gasteiger partial charge >= 0.3 is 0 Å². The summed E-state index contributed by atoms with van der Waals surface area (Å²) < 4.78 is 5.84. The van der Waals surface area contributed by atoms with Crippen molar-refractivity contribution < 1.29 is 9.53 Å². The van der Waals surface area contributed by atoms with Crippen molar-refractivity contribution in [2.24, 2.45) is 0 Å². The third kappa shape index (κ3) is 4.24. The van der Waals surface area contributed by atoms with Gasteiger partial charge in [0, 0.05) is 13.6 Å². The van der Waals surface area contributed by atoms with Gasteiger partial charge in [-0.3, -0.25) is 4.79 Å². The van der Waals surface area contributed by atoms with E-state index in [2.05, 4.69) is 5.32 Å². The molecule has 2 rings (SSSR count). The van der Waals surface area contributed by atoms with Crippen molar-refractivity contribution in [3.8, 4) is 11.5 Å². The van der Waals surface area contributed by atoms with E-state index in [0.29, 0.717) is 12.3 Å². The summed E-state index contributed by atoms with van der Waals surface area (Å²) >= 11 is 0. The first-order valence-corrected chi connectivity index (χ1v) is 7.00. The Morgan fingerprint density at radius 2 is 1.76 bits per heavy atom. The quantitative estimate of drug-likeness (QED) is 0.884. The minimum absolute atomic E-state index is 0.0482. The fourth-order valence-corrected chi connectivity index (χ4v) is 1.80. The highest BCUT2D eigenvalue weighted by atomic mass is 16.5. The van der Waals surface area contributed by atoms with Crippen LogP contribution in [0.25, 0.3) is 0 Å². The Bertz CT molecular complexity index is 584. The zero-order valence-electron chi connectivity index (χ0n) is 12.4. The Morgan fingerprint density at radius 1 is 1.10 bits per heavy atom. The molecule has 0 atom stereocenters. The summed E-state index contributed by atoms with van der Waals surface area (Å²) in [5.74, 6) is 1.52.